The van der Waals surface area contributed by atoms with E-state index in [-0.39, 0.29) is 11.5 Å². The van der Waals surface area contributed by atoms with E-state index in [1.807, 2.05) is 0 Å². The summed E-state index contributed by atoms with van der Waals surface area (Å²) in [5.74, 6) is 0.513. The van der Waals surface area contributed by atoms with Gasteiger partial charge in [-0.3, -0.25) is 0 Å². The second-order valence-electron chi connectivity index (χ2n) is 4.28. The van der Waals surface area contributed by atoms with Gasteiger partial charge in [0.05, 0.1) is 6.10 Å². The average molecular weight is 225 g/mol. The van der Waals surface area contributed by atoms with Crippen molar-refractivity contribution in [1.82, 2.24) is 0 Å². The van der Waals surface area contributed by atoms with Crippen molar-refractivity contribution in [1.29, 1.82) is 0 Å². The molecule has 2 unspecified atom stereocenters. The smallest absolute Gasteiger partial charge is 0.115 e. The molecule has 2 atom stereocenters. The third-order valence-corrected chi connectivity index (χ3v) is 3.84. The normalized spacial score (nSPS) is 27.2. The van der Waals surface area contributed by atoms with Gasteiger partial charge in [-0.1, -0.05) is 13.8 Å². The van der Waals surface area contributed by atoms with Gasteiger partial charge in [-0.15, -0.1) is 0 Å². The van der Waals surface area contributed by atoms with Crippen LogP contribution in [0.2, 0.25) is 0 Å². The van der Waals surface area contributed by atoms with Crippen LogP contribution in [-0.4, -0.2) is 22.7 Å². The van der Waals surface area contributed by atoms with Gasteiger partial charge in [0.15, 0.2) is 0 Å². The largest absolute Gasteiger partial charge is 0.378 e. The van der Waals surface area contributed by atoms with Crippen LogP contribution in [-0.2, 0) is 14.7 Å². The van der Waals surface area contributed by atoms with Crippen molar-refractivity contribution in [3.05, 3.63) is 0 Å². The van der Waals surface area contributed by atoms with E-state index >= 15 is 0 Å². The molecule has 0 aliphatic carbocycles. The first-order valence-corrected chi connectivity index (χ1v) is 6.83. The third kappa shape index (κ3) is 3.56. The minimum atomic E-state index is -1.24. The van der Waals surface area contributed by atoms with Crippen LogP contribution < -0.4 is 0 Å². The Bertz CT molecular complexity index is 188. The number of rotatable bonds is 3. The molecule has 0 bridgehead atoms. The first kappa shape index (κ1) is 11.5. The van der Waals surface area contributed by atoms with E-state index in [2.05, 4.69) is 13.8 Å². The van der Waals surface area contributed by atoms with Gasteiger partial charge in [-0.05, 0) is 29.9 Å². The third-order valence-electron chi connectivity index (χ3n) is 2.54. The van der Waals surface area contributed by atoms with E-state index in [0.29, 0.717) is 5.75 Å². The van der Waals surface area contributed by atoms with Crippen LogP contribution in [0.5, 0.6) is 0 Å². The zero-order valence-corrected chi connectivity index (χ0v) is 9.79. The standard InChI is InChI=1S/C9H17ClO2S/c1-9(2,7-13(10)11)8-5-3-4-6-12-8/h8H,3-7H2,1-2H3. The zero-order chi connectivity index (χ0) is 9.90. The molecule has 0 amide bonds. The molecule has 0 N–H and O–H groups in total. The van der Waals surface area contributed by atoms with Crippen LogP contribution in [0, 0.1) is 5.41 Å². The molecular formula is C9H17ClO2S. The average Bonchev–Trinajstić information content (AvgIpc) is 2.04. The van der Waals surface area contributed by atoms with Crippen molar-refractivity contribution in [2.45, 2.75) is 39.2 Å². The number of ether oxygens (including phenoxy) is 1. The van der Waals surface area contributed by atoms with E-state index in [9.17, 15) is 4.21 Å². The van der Waals surface area contributed by atoms with Crippen LogP contribution >= 0.6 is 10.7 Å². The molecule has 13 heavy (non-hydrogen) atoms. The molecule has 1 aliphatic heterocycles. The predicted molar refractivity (Wildman–Crippen MR) is 56.2 cm³/mol. The van der Waals surface area contributed by atoms with E-state index in [1.54, 1.807) is 0 Å². The summed E-state index contributed by atoms with van der Waals surface area (Å²) >= 11 is 0. The lowest BCUT2D eigenvalue weighted by Gasteiger charge is -2.35. The minimum absolute atomic E-state index is 0.0625. The van der Waals surface area contributed by atoms with Gasteiger partial charge in [0.1, 0.15) is 10.0 Å². The van der Waals surface area contributed by atoms with Crippen LogP contribution in [0.15, 0.2) is 0 Å². The summed E-state index contributed by atoms with van der Waals surface area (Å²) < 4.78 is 16.6. The van der Waals surface area contributed by atoms with Gasteiger partial charge in [0.25, 0.3) is 0 Å². The molecular weight excluding hydrogens is 208 g/mol. The SMILES string of the molecule is CC(C)(CS(=O)Cl)C1CCCCO1. The van der Waals surface area contributed by atoms with Gasteiger partial charge >= 0.3 is 0 Å². The van der Waals surface area contributed by atoms with Gasteiger partial charge in [-0.25, -0.2) is 4.21 Å². The highest BCUT2D eigenvalue weighted by Gasteiger charge is 2.33. The maximum Gasteiger partial charge on any atom is 0.115 e. The minimum Gasteiger partial charge on any atom is -0.378 e. The van der Waals surface area contributed by atoms with Crippen molar-refractivity contribution in [2.75, 3.05) is 12.4 Å². The number of hydrogen-bond acceptors (Lipinski definition) is 2. The van der Waals surface area contributed by atoms with Gasteiger partial charge in [0.2, 0.25) is 0 Å². The summed E-state index contributed by atoms with van der Waals surface area (Å²) in [5, 5.41) is 0. The summed E-state index contributed by atoms with van der Waals surface area (Å²) in [6.45, 7) is 4.98. The van der Waals surface area contributed by atoms with Crippen molar-refractivity contribution in [3.8, 4) is 0 Å². The lowest BCUT2D eigenvalue weighted by atomic mass is 9.84. The first-order chi connectivity index (χ1) is 6.02. The second kappa shape index (κ2) is 4.76. The second-order valence-corrected chi connectivity index (χ2v) is 6.18. The van der Waals surface area contributed by atoms with Crippen molar-refractivity contribution < 1.29 is 8.95 Å². The van der Waals surface area contributed by atoms with Gasteiger partial charge in [0, 0.05) is 17.8 Å². The summed E-state index contributed by atoms with van der Waals surface area (Å²) in [4.78, 5) is 0. The fraction of sp³-hybridized carbons (Fsp3) is 1.00. The molecule has 78 valence electrons. The van der Waals surface area contributed by atoms with Crippen LogP contribution in [0.3, 0.4) is 0 Å². The monoisotopic (exact) mass is 224 g/mol. The predicted octanol–water partition coefficient (Wildman–Crippen LogP) is 2.48. The van der Waals surface area contributed by atoms with E-state index in [4.69, 9.17) is 15.4 Å². The van der Waals surface area contributed by atoms with Gasteiger partial charge in [-0.2, -0.15) is 0 Å². The molecule has 0 aromatic rings. The Hall–Kier alpha value is 0.400. The Morgan fingerprint density at radius 2 is 2.23 bits per heavy atom. The summed E-state index contributed by atoms with van der Waals surface area (Å²) in [6.07, 6.45) is 3.66. The van der Waals surface area contributed by atoms with Crippen molar-refractivity contribution in [2.24, 2.45) is 5.41 Å². The number of halogens is 1. The maximum atomic E-state index is 10.9. The molecule has 0 aromatic heterocycles. The topological polar surface area (TPSA) is 26.3 Å². The van der Waals surface area contributed by atoms with E-state index < -0.39 is 10.0 Å². The van der Waals surface area contributed by atoms with E-state index in [0.717, 1.165) is 19.4 Å². The molecule has 0 spiro atoms. The molecule has 1 rings (SSSR count). The molecule has 0 saturated carbocycles. The Morgan fingerprint density at radius 3 is 2.69 bits per heavy atom. The first-order valence-electron chi connectivity index (χ1n) is 4.68. The highest BCUT2D eigenvalue weighted by Crippen LogP contribution is 2.31. The van der Waals surface area contributed by atoms with Gasteiger partial charge < -0.3 is 4.74 Å². The molecule has 1 aliphatic rings. The molecule has 0 aromatic carbocycles. The Balaban J connectivity index is 2.50. The van der Waals surface area contributed by atoms with Crippen LogP contribution in [0.25, 0.3) is 0 Å². The molecule has 1 saturated heterocycles. The molecule has 2 nitrogen and oxygen atoms in total. The quantitative estimate of drug-likeness (QED) is 0.689. The zero-order valence-electron chi connectivity index (χ0n) is 8.22. The molecule has 0 radical (unpaired) electrons. The summed E-state index contributed by atoms with van der Waals surface area (Å²) in [7, 11) is 4.25. The summed E-state index contributed by atoms with van der Waals surface area (Å²) in [6, 6.07) is 0. The highest BCUT2D eigenvalue weighted by molar-refractivity contribution is 8.08. The molecule has 1 heterocycles. The lowest BCUT2D eigenvalue weighted by molar-refractivity contribution is -0.0457. The van der Waals surface area contributed by atoms with E-state index in [1.165, 1.54) is 6.42 Å². The fourth-order valence-electron chi connectivity index (χ4n) is 1.74. The van der Waals surface area contributed by atoms with Crippen molar-refractivity contribution >= 4 is 20.7 Å². The van der Waals surface area contributed by atoms with Crippen LogP contribution in [0.4, 0.5) is 0 Å². The Labute approximate surface area is 86.9 Å². The number of hydrogen-bond donors (Lipinski definition) is 0. The molecule has 1 fully saturated rings. The highest BCUT2D eigenvalue weighted by atomic mass is 35.7. The maximum absolute atomic E-state index is 10.9. The Kier molecular flexibility index (Phi) is 4.20. The fourth-order valence-corrected chi connectivity index (χ4v) is 3.36. The Morgan fingerprint density at radius 1 is 1.54 bits per heavy atom. The van der Waals surface area contributed by atoms with Crippen molar-refractivity contribution in [3.63, 3.8) is 0 Å². The lowest BCUT2D eigenvalue weighted by Crippen LogP contribution is -2.38. The van der Waals surface area contributed by atoms with Crippen LogP contribution in [0.1, 0.15) is 33.1 Å². The summed E-state index contributed by atoms with van der Waals surface area (Å²) in [5.41, 5.74) is -0.0625. The molecule has 4 heteroatoms.